The van der Waals surface area contributed by atoms with Crippen molar-refractivity contribution >= 4 is 19.8 Å². The summed E-state index contributed by atoms with van der Waals surface area (Å²) in [6, 6.07) is 0. The first kappa shape index (κ1) is 58.0. The van der Waals surface area contributed by atoms with Crippen LogP contribution in [0.5, 0.6) is 0 Å². The maximum Gasteiger partial charge on any atom is 0.472 e. The third-order valence-electron chi connectivity index (χ3n) is 10.5. The predicted octanol–water partition coefficient (Wildman–Crippen LogP) is 14.7. The van der Waals surface area contributed by atoms with Crippen LogP contribution in [0.25, 0.3) is 0 Å². The van der Waals surface area contributed by atoms with Gasteiger partial charge >= 0.3 is 19.8 Å². The molecule has 3 N–H and O–H groups in total. The number of nitrogens with two attached hydrogens (primary N) is 1. The van der Waals surface area contributed by atoms with Crippen LogP contribution >= 0.6 is 7.82 Å². The predicted molar refractivity (Wildman–Crippen MR) is 252 cm³/mol. The third kappa shape index (κ3) is 45.5. The first-order chi connectivity index (χ1) is 29.3. The minimum atomic E-state index is -4.39. The van der Waals surface area contributed by atoms with Gasteiger partial charge in [0.05, 0.1) is 13.2 Å². The third-order valence-corrected chi connectivity index (χ3v) is 11.5. The minimum absolute atomic E-state index is 0.0461. The summed E-state index contributed by atoms with van der Waals surface area (Å²) in [6.45, 7) is 3.60. The van der Waals surface area contributed by atoms with Gasteiger partial charge in [0.25, 0.3) is 0 Å². The molecular weight excluding hydrogens is 774 g/mol. The Balaban J connectivity index is 4.03. The van der Waals surface area contributed by atoms with Crippen molar-refractivity contribution < 1.29 is 37.6 Å². The van der Waals surface area contributed by atoms with Gasteiger partial charge in [-0.2, -0.15) is 0 Å². The SMILES string of the molecule is CC/C=C\C/C=C\C/C=C\C/C=C\CCCCC(=O)OC(COC(=O)CCCCCCCCCCCCCCCCCCCCCCCCCC)COP(=O)(O)OCCN. The maximum absolute atomic E-state index is 12.6. The van der Waals surface area contributed by atoms with Gasteiger partial charge in [-0.3, -0.25) is 18.6 Å². The Kier molecular flexibility index (Phi) is 44.9. The number of hydrogen-bond acceptors (Lipinski definition) is 8. The van der Waals surface area contributed by atoms with E-state index in [4.69, 9.17) is 24.3 Å². The summed E-state index contributed by atoms with van der Waals surface area (Å²) < 4.78 is 32.8. The van der Waals surface area contributed by atoms with Crippen LogP contribution in [0.2, 0.25) is 0 Å². The van der Waals surface area contributed by atoms with E-state index in [0.29, 0.717) is 6.42 Å². The van der Waals surface area contributed by atoms with E-state index in [1.54, 1.807) is 0 Å². The first-order valence-corrected chi connectivity index (χ1v) is 26.1. The zero-order valence-electron chi connectivity index (χ0n) is 38.7. The molecule has 9 nitrogen and oxygen atoms in total. The second-order valence-corrected chi connectivity index (χ2v) is 17.8. The molecule has 0 saturated heterocycles. The molecule has 0 aromatic carbocycles. The molecule has 60 heavy (non-hydrogen) atoms. The Morgan fingerprint density at radius 3 is 1.37 bits per heavy atom. The van der Waals surface area contributed by atoms with E-state index in [-0.39, 0.29) is 38.6 Å². The van der Waals surface area contributed by atoms with Gasteiger partial charge in [-0.05, 0) is 51.4 Å². The number of hydrogen-bond donors (Lipinski definition) is 2. The monoisotopic (exact) mass is 866 g/mol. The van der Waals surface area contributed by atoms with Gasteiger partial charge in [-0.15, -0.1) is 0 Å². The van der Waals surface area contributed by atoms with E-state index in [1.807, 2.05) is 0 Å². The summed E-state index contributed by atoms with van der Waals surface area (Å²) in [7, 11) is -4.39. The lowest BCUT2D eigenvalue weighted by Crippen LogP contribution is -2.29. The Bertz CT molecular complexity index is 1120. The van der Waals surface area contributed by atoms with Gasteiger partial charge in [-0.25, -0.2) is 4.57 Å². The molecule has 0 aromatic heterocycles. The van der Waals surface area contributed by atoms with Crippen LogP contribution in [0.3, 0.4) is 0 Å². The van der Waals surface area contributed by atoms with Crippen molar-refractivity contribution in [1.82, 2.24) is 0 Å². The van der Waals surface area contributed by atoms with E-state index < -0.39 is 26.5 Å². The highest BCUT2D eigenvalue weighted by Gasteiger charge is 2.26. The largest absolute Gasteiger partial charge is 0.472 e. The van der Waals surface area contributed by atoms with Crippen LogP contribution in [0.1, 0.15) is 226 Å². The Hall–Kier alpha value is -2.03. The van der Waals surface area contributed by atoms with Crippen LogP contribution in [-0.2, 0) is 32.7 Å². The van der Waals surface area contributed by atoms with Gasteiger partial charge in [0.15, 0.2) is 6.10 Å². The number of allylic oxidation sites excluding steroid dienone is 8. The lowest BCUT2D eigenvalue weighted by atomic mass is 10.0. The average Bonchev–Trinajstić information content (AvgIpc) is 3.24. The summed E-state index contributed by atoms with van der Waals surface area (Å²) >= 11 is 0. The van der Waals surface area contributed by atoms with Crippen molar-refractivity contribution in [1.29, 1.82) is 0 Å². The lowest BCUT2D eigenvalue weighted by molar-refractivity contribution is -0.161. The molecule has 0 aromatic rings. The lowest BCUT2D eigenvalue weighted by Gasteiger charge is -2.19. The fraction of sp³-hybridized carbons (Fsp3) is 0.800. The van der Waals surface area contributed by atoms with E-state index in [0.717, 1.165) is 57.8 Å². The maximum atomic E-state index is 12.6. The van der Waals surface area contributed by atoms with E-state index >= 15 is 0 Å². The molecule has 0 aliphatic heterocycles. The van der Waals surface area contributed by atoms with Gasteiger partial charge in [-0.1, -0.05) is 210 Å². The molecule has 0 aliphatic rings. The fourth-order valence-corrected chi connectivity index (χ4v) is 7.63. The zero-order valence-corrected chi connectivity index (χ0v) is 39.6. The smallest absolute Gasteiger partial charge is 0.462 e. The molecule has 0 radical (unpaired) electrons. The quantitative estimate of drug-likeness (QED) is 0.0265. The molecule has 0 aliphatic carbocycles. The number of ether oxygens (including phenoxy) is 2. The Labute approximate surface area is 368 Å². The number of carbonyl (C=O) groups is 2. The number of unbranched alkanes of at least 4 members (excludes halogenated alkanes) is 25. The molecule has 2 unspecified atom stereocenters. The van der Waals surface area contributed by atoms with Crippen LogP contribution in [-0.4, -0.2) is 49.3 Å². The summed E-state index contributed by atoms with van der Waals surface area (Å²) in [5.41, 5.74) is 5.35. The molecule has 0 saturated carbocycles. The summed E-state index contributed by atoms with van der Waals surface area (Å²) in [5.74, 6) is -0.871. The second kappa shape index (κ2) is 46.5. The summed E-state index contributed by atoms with van der Waals surface area (Å²) in [6.07, 6.45) is 54.5. The molecule has 0 fully saturated rings. The first-order valence-electron chi connectivity index (χ1n) is 24.6. The van der Waals surface area contributed by atoms with E-state index in [2.05, 4.69) is 62.5 Å². The second-order valence-electron chi connectivity index (χ2n) is 16.3. The molecule has 0 bridgehead atoms. The number of phosphoric acid groups is 1. The number of esters is 2. The molecule has 0 amide bonds. The summed E-state index contributed by atoms with van der Waals surface area (Å²) in [4.78, 5) is 34.9. The molecule has 350 valence electrons. The Morgan fingerprint density at radius 1 is 0.517 bits per heavy atom. The Morgan fingerprint density at radius 2 is 0.917 bits per heavy atom. The molecule has 0 spiro atoms. The van der Waals surface area contributed by atoms with Gasteiger partial charge < -0.3 is 20.1 Å². The van der Waals surface area contributed by atoms with Gasteiger partial charge in [0.2, 0.25) is 0 Å². The molecule has 2 atom stereocenters. The van der Waals surface area contributed by atoms with Crippen molar-refractivity contribution in [3.05, 3.63) is 48.6 Å². The highest BCUT2D eigenvalue weighted by molar-refractivity contribution is 7.47. The number of rotatable bonds is 46. The van der Waals surface area contributed by atoms with E-state index in [1.165, 1.54) is 135 Å². The topological polar surface area (TPSA) is 134 Å². The van der Waals surface area contributed by atoms with Crippen molar-refractivity contribution in [2.75, 3.05) is 26.4 Å². The van der Waals surface area contributed by atoms with Crippen LogP contribution in [0.15, 0.2) is 48.6 Å². The molecule has 0 rings (SSSR count). The van der Waals surface area contributed by atoms with Crippen LogP contribution in [0, 0.1) is 0 Å². The summed E-state index contributed by atoms with van der Waals surface area (Å²) in [5, 5.41) is 0. The molecule has 10 heteroatoms. The highest BCUT2D eigenvalue weighted by Crippen LogP contribution is 2.43. The highest BCUT2D eigenvalue weighted by atomic mass is 31.2. The van der Waals surface area contributed by atoms with Gasteiger partial charge in [0.1, 0.15) is 6.61 Å². The van der Waals surface area contributed by atoms with E-state index in [9.17, 15) is 19.0 Å². The van der Waals surface area contributed by atoms with Crippen molar-refractivity contribution in [2.45, 2.75) is 232 Å². The minimum Gasteiger partial charge on any atom is -0.462 e. The van der Waals surface area contributed by atoms with Crippen molar-refractivity contribution in [3.8, 4) is 0 Å². The number of phosphoric ester groups is 1. The van der Waals surface area contributed by atoms with Crippen LogP contribution in [0.4, 0.5) is 0 Å². The number of carbonyl (C=O) groups excluding carboxylic acids is 2. The fourth-order valence-electron chi connectivity index (χ4n) is 6.86. The van der Waals surface area contributed by atoms with Gasteiger partial charge in [0, 0.05) is 19.4 Å². The van der Waals surface area contributed by atoms with Crippen molar-refractivity contribution in [3.63, 3.8) is 0 Å². The van der Waals surface area contributed by atoms with Crippen molar-refractivity contribution in [2.24, 2.45) is 5.73 Å². The zero-order chi connectivity index (χ0) is 43.9. The molecule has 0 heterocycles. The average molecular weight is 866 g/mol. The van der Waals surface area contributed by atoms with Crippen LogP contribution < -0.4 is 5.73 Å². The molecular formula is C50H92NO8P. The normalized spacial score (nSPS) is 13.6. The standard InChI is InChI=1S/C50H92NO8P/c1-3-5-7-9-11-13-15-17-19-20-21-22-23-24-25-26-27-29-30-32-34-36-38-40-42-49(52)56-46-48(47-58-60(54,55)57-45-44-51)59-50(53)43-41-39-37-35-33-31-28-18-16-14-12-10-8-6-4-2/h6,8,12,14,18,28,33,35,48H,3-5,7,9-11,13,15-17,19-27,29-32,34,36-47,51H2,1-2H3,(H,54,55)/b8-6-,14-12-,28-18-,35-33-.